The zero-order valence-corrected chi connectivity index (χ0v) is 15.3. The molecule has 0 heterocycles. The second-order valence-corrected chi connectivity index (χ2v) is 7.19. The molecule has 2 aromatic carbocycles. The maximum atomic E-state index is 12.4. The van der Waals surface area contributed by atoms with E-state index in [-0.39, 0.29) is 16.6 Å². The van der Waals surface area contributed by atoms with Crippen LogP contribution in [0.15, 0.2) is 53.4 Å². The van der Waals surface area contributed by atoms with Gasteiger partial charge in [0.05, 0.1) is 11.5 Å². The molecule has 2 rings (SSSR count). The summed E-state index contributed by atoms with van der Waals surface area (Å²) < 4.78 is 32.1. The number of Topliss-reactive ketones (excluding diaryl/α,β-unsaturated/α-hetero) is 1. The van der Waals surface area contributed by atoms with Gasteiger partial charge in [-0.3, -0.25) is 14.3 Å². The SMILES string of the molecule is COCCNC(=O)c1ccc(S(=O)(=O)Nc2ccc(C(C)=O)cc2)cc1. The van der Waals surface area contributed by atoms with E-state index >= 15 is 0 Å². The van der Waals surface area contributed by atoms with Crippen molar-refractivity contribution in [1.29, 1.82) is 0 Å². The van der Waals surface area contributed by atoms with Crippen LogP contribution in [0.3, 0.4) is 0 Å². The molecule has 0 saturated carbocycles. The molecular weight excluding hydrogens is 356 g/mol. The van der Waals surface area contributed by atoms with Gasteiger partial charge in [0.1, 0.15) is 0 Å². The Kier molecular flexibility index (Phi) is 6.48. The highest BCUT2D eigenvalue weighted by atomic mass is 32.2. The van der Waals surface area contributed by atoms with E-state index in [0.29, 0.717) is 30.0 Å². The summed E-state index contributed by atoms with van der Waals surface area (Å²) in [7, 11) is -2.26. The second kappa shape index (κ2) is 8.59. The third kappa shape index (κ3) is 5.14. The lowest BCUT2D eigenvalue weighted by atomic mass is 10.1. The number of ketones is 1. The van der Waals surface area contributed by atoms with Crippen LogP contribution in [-0.4, -0.2) is 40.4 Å². The Hall–Kier alpha value is -2.71. The van der Waals surface area contributed by atoms with E-state index in [1.807, 2.05) is 0 Å². The van der Waals surface area contributed by atoms with Gasteiger partial charge in [0.15, 0.2) is 5.78 Å². The molecule has 2 N–H and O–H groups in total. The molecule has 0 bridgehead atoms. The maximum absolute atomic E-state index is 12.4. The molecule has 7 nitrogen and oxygen atoms in total. The molecule has 0 aliphatic rings. The van der Waals surface area contributed by atoms with Gasteiger partial charge in [-0.15, -0.1) is 0 Å². The van der Waals surface area contributed by atoms with E-state index in [4.69, 9.17) is 4.74 Å². The van der Waals surface area contributed by atoms with Gasteiger partial charge in [-0.1, -0.05) is 0 Å². The summed E-state index contributed by atoms with van der Waals surface area (Å²) >= 11 is 0. The van der Waals surface area contributed by atoms with Gasteiger partial charge in [0, 0.05) is 30.5 Å². The zero-order valence-electron chi connectivity index (χ0n) is 14.5. The number of methoxy groups -OCH3 is 1. The van der Waals surface area contributed by atoms with Crippen LogP contribution in [0.4, 0.5) is 5.69 Å². The number of amides is 1. The van der Waals surface area contributed by atoms with Crippen LogP contribution in [0.25, 0.3) is 0 Å². The molecule has 8 heteroatoms. The number of ether oxygens (including phenoxy) is 1. The van der Waals surface area contributed by atoms with Crippen molar-refractivity contribution in [2.45, 2.75) is 11.8 Å². The normalized spacial score (nSPS) is 11.0. The van der Waals surface area contributed by atoms with Crippen LogP contribution in [0.2, 0.25) is 0 Å². The molecule has 0 aromatic heterocycles. The minimum absolute atomic E-state index is 0.0292. The highest BCUT2D eigenvalue weighted by Crippen LogP contribution is 2.17. The van der Waals surface area contributed by atoms with E-state index in [1.165, 1.54) is 50.4 Å². The molecule has 138 valence electrons. The number of carbonyl (C=O) groups excluding carboxylic acids is 2. The third-order valence-corrected chi connectivity index (χ3v) is 4.96. The van der Waals surface area contributed by atoms with E-state index in [1.54, 1.807) is 12.1 Å². The predicted molar refractivity (Wildman–Crippen MR) is 97.9 cm³/mol. The number of anilines is 1. The maximum Gasteiger partial charge on any atom is 0.261 e. The van der Waals surface area contributed by atoms with Crippen molar-refractivity contribution in [3.05, 3.63) is 59.7 Å². The Balaban J connectivity index is 2.09. The van der Waals surface area contributed by atoms with Crippen LogP contribution >= 0.6 is 0 Å². The van der Waals surface area contributed by atoms with Gasteiger partial charge in [-0.2, -0.15) is 0 Å². The molecule has 0 radical (unpaired) electrons. The largest absolute Gasteiger partial charge is 0.383 e. The van der Waals surface area contributed by atoms with Gasteiger partial charge in [0.2, 0.25) is 0 Å². The lowest BCUT2D eigenvalue weighted by molar-refractivity contribution is 0.0936. The number of hydrogen-bond acceptors (Lipinski definition) is 5. The van der Waals surface area contributed by atoms with E-state index in [0.717, 1.165) is 0 Å². The average molecular weight is 376 g/mol. The first kappa shape index (κ1) is 19.6. The number of benzene rings is 2. The molecule has 0 aliphatic heterocycles. The van der Waals surface area contributed by atoms with Crippen molar-refractivity contribution >= 4 is 27.4 Å². The first-order valence-corrected chi connectivity index (χ1v) is 9.33. The predicted octanol–water partition coefficient (Wildman–Crippen LogP) is 2.07. The number of nitrogens with one attached hydrogen (secondary N) is 2. The zero-order chi connectivity index (χ0) is 19.2. The fourth-order valence-corrected chi connectivity index (χ4v) is 3.20. The fraction of sp³-hybridized carbons (Fsp3) is 0.222. The van der Waals surface area contributed by atoms with Crippen molar-refractivity contribution in [1.82, 2.24) is 5.32 Å². The highest BCUT2D eigenvalue weighted by molar-refractivity contribution is 7.92. The Bertz CT molecular complexity index is 875. The van der Waals surface area contributed by atoms with Crippen LogP contribution in [0, 0.1) is 0 Å². The van der Waals surface area contributed by atoms with Gasteiger partial charge in [-0.25, -0.2) is 8.42 Å². The quantitative estimate of drug-likeness (QED) is 0.542. The molecule has 0 saturated heterocycles. The Morgan fingerprint density at radius 1 is 0.962 bits per heavy atom. The van der Waals surface area contributed by atoms with E-state index < -0.39 is 10.0 Å². The number of rotatable bonds is 8. The number of carbonyl (C=O) groups is 2. The van der Waals surface area contributed by atoms with E-state index in [2.05, 4.69) is 10.0 Å². The van der Waals surface area contributed by atoms with Gasteiger partial charge in [0.25, 0.3) is 15.9 Å². The standard InChI is InChI=1S/C18H20N2O5S/c1-13(21)14-3-7-16(8-4-14)20-26(23,24)17-9-5-15(6-10-17)18(22)19-11-12-25-2/h3-10,20H,11-12H2,1-2H3,(H,19,22). The molecule has 26 heavy (non-hydrogen) atoms. The van der Waals surface area contributed by atoms with Crippen molar-refractivity contribution in [2.24, 2.45) is 0 Å². The summed E-state index contributed by atoms with van der Waals surface area (Å²) in [4.78, 5) is 23.2. The van der Waals surface area contributed by atoms with Crippen molar-refractivity contribution < 1.29 is 22.7 Å². The topological polar surface area (TPSA) is 102 Å². The third-order valence-electron chi connectivity index (χ3n) is 3.56. The monoisotopic (exact) mass is 376 g/mol. The summed E-state index contributed by atoms with van der Waals surface area (Å²) in [6.07, 6.45) is 0. The van der Waals surface area contributed by atoms with Gasteiger partial charge >= 0.3 is 0 Å². The van der Waals surface area contributed by atoms with Crippen LogP contribution in [-0.2, 0) is 14.8 Å². The van der Waals surface area contributed by atoms with E-state index in [9.17, 15) is 18.0 Å². The first-order valence-electron chi connectivity index (χ1n) is 7.84. The smallest absolute Gasteiger partial charge is 0.261 e. The second-order valence-electron chi connectivity index (χ2n) is 5.51. The Labute approximate surface area is 152 Å². The van der Waals surface area contributed by atoms with Crippen molar-refractivity contribution in [3.8, 4) is 0 Å². The average Bonchev–Trinajstić information content (AvgIpc) is 2.62. The lowest BCUT2D eigenvalue weighted by Gasteiger charge is -2.09. The number of sulfonamides is 1. The minimum atomic E-state index is -3.80. The summed E-state index contributed by atoms with van der Waals surface area (Å²) in [5, 5.41) is 2.66. The Morgan fingerprint density at radius 3 is 2.08 bits per heavy atom. The molecule has 0 unspecified atom stereocenters. The molecular formula is C18H20N2O5S. The molecule has 0 fully saturated rings. The van der Waals surface area contributed by atoms with Gasteiger partial charge < -0.3 is 10.1 Å². The molecule has 2 aromatic rings. The molecule has 1 amide bonds. The summed E-state index contributed by atoms with van der Waals surface area (Å²) in [5.74, 6) is -0.405. The highest BCUT2D eigenvalue weighted by Gasteiger charge is 2.15. The van der Waals surface area contributed by atoms with Crippen LogP contribution in [0.5, 0.6) is 0 Å². The minimum Gasteiger partial charge on any atom is -0.383 e. The first-order chi connectivity index (χ1) is 12.3. The molecule has 0 aliphatic carbocycles. The molecule has 0 atom stereocenters. The van der Waals surface area contributed by atoms with Crippen LogP contribution in [0.1, 0.15) is 27.6 Å². The van der Waals surface area contributed by atoms with Gasteiger partial charge in [-0.05, 0) is 55.5 Å². The summed E-state index contributed by atoms with van der Waals surface area (Å²) in [6, 6.07) is 11.7. The van der Waals surface area contributed by atoms with Crippen molar-refractivity contribution in [2.75, 3.05) is 25.0 Å². The molecule has 0 spiro atoms. The fourth-order valence-electron chi connectivity index (χ4n) is 2.14. The summed E-state index contributed by atoms with van der Waals surface area (Å²) in [6.45, 7) is 2.20. The lowest BCUT2D eigenvalue weighted by Crippen LogP contribution is -2.26. The summed E-state index contributed by atoms with van der Waals surface area (Å²) in [5.41, 5.74) is 1.19. The Morgan fingerprint density at radius 2 is 1.54 bits per heavy atom. The van der Waals surface area contributed by atoms with Crippen molar-refractivity contribution in [3.63, 3.8) is 0 Å². The van der Waals surface area contributed by atoms with Crippen LogP contribution < -0.4 is 10.0 Å². The number of hydrogen-bond donors (Lipinski definition) is 2.